The highest BCUT2D eigenvalue weighted by Gasteiger charge is 2.52. The number of nitrogens with zero attached hydrogens (tertiary/aromatic N) is 3. The van der Waals surface area contributed by atoms with E-state index in [0.29, 0.717) is 19.4 Å². The Morgan fingerprint density at radius 1 is 1.35 bits per heavy atom. The van der Waals surface area contributed by atoms with Crippen LogP contribution in [0.3, 0.4) is 0 Å². The molecule has 0 radical (unpaired) electrons. The van der Waals surface area contributed by atoms with Crippen LogP contribution in [-0.4, -0.2) is 53.9 Å². The minimum absolute atomic E-state index is 0.0901. The maximum atomic E-state index is 12.5. The summed E-state index contributed by atoms with van der Waals surface area (Å²) in [5, 5.41) is 5.66. The number of carbonyl (C=O) groups excluding carboxylic acids is 3. The Labute approximate surface area is 152 Å². The van der Waals surface area contributed by atoms with E-state index >= 15 is 0 Å². The van der Waals surface area contributed by atoms with Gasteiger partial charge in [-0.1, -0.05) is 18.9 Å². The summed E-state index contributed by atoms with van der Waals surface area (Å²) >= 11 is 0. The van der Waals surface area contributed by atoms with Crippen molar-refractivity contribution < 1.29 is 14.4 Å². The van der Waals surface area contributed by atoms with Gasteiger partial charge in [0.2, 0.25) is 5.91 Å². The van der Waals surface area contributed by atoms with Crippen molar-refractivity contribution in [1.82, 2.24) is 20.5 Å². The quantitative estimate of drug-likeness (QED) is 0.740. The summed E-state index contributed by atoms with van der Waals surface area (Å²) in [5.41, 5.74) is 0.190. The molecule has 2 heterocycles. The largest absolute Gasteiger partial charge is 0.362 e. The zero-order valence-electron chi connectivity index (χ0n) is 15.2. The van der Waals surface area contributed by atoms with Crippen molar-refractivity contribution in [3.05, 3.63) is 23.9 Å². The van der Waals surface area contributed by atoms with Crippen LogP contribution in [0.1, 0.15) is 37.7 Å². The number of rotatable bonds is 6. The zero-order valence-corrected chi connectivity index (χ0v) is 15.2. The van der Waals surface area contributed by atoms with Crippen molar-refractivity contribution in [2.24, 2.45) is 0 Å². The number of carbonyl (C=O) groups is 3. The van der Waals surface area contributed by atoms with E-state index in [1.165, 1.54) is 4.90 Å². The number of aromatic nitrogens is 1. The Kier molecular flexibility index (Phi) is 5.11. The summed E-state index contributed by atoms with van der Waals surface area (Å²) < 4.78 is 0. The van der Waals surface area contributed by atoms with Crippen molar-refractivity contribution in [3.63, 3.8) is 0 Å². The number of amides is 4. The van der Waals surface area contributed by atoms with Crippen molar-refractivity contribution >= 4 is 23.7 Å². The third-order valence-electron chi connectivity index (χ3n) is 5.03. The molecular weight excluding hydrogens is 334 g/mol. The Hall–Kier alpha value is -2.64. The summed E-state index contributed by atoms with van der Waals surface area (Å²) in [6.45, 7) is 0.454. The minimum Gasteiger partial charge on any atom is -0.362 e. The van der Waals surface area contributed by atoms with Crippen LogP contribution in [0, 0.1) is 0 Å². The average Bonchev–Trinajstić information content (AvgIpc) is 3.17. The number of urea groups is 1. The van der Waals surface area contributed by atoms with Gasteiger partial charge in [-0.25, -0.2) is 9.78 Å². The van der Waals surface area contributed by atoms with Crippen molar-refractivity contribution in [1.29, 1.82) is 0 Å². The van der Waals surface area contributed by atoms with Gasteiger partial charge >= 0.3 is 6.03 Å². The summed E-state index contributed by atoms with van der Waals surface area (Å²) in [6, 6.07) is 3.35. The predicted octanol–water partition coefficient (Wildman–Crippen LogP) is 1.02. The molecule has 8 heteroatoms. The second kappa shape index (κ2) is 7.31. The average molecular weight is 359 g/mol. The standard InChI is InChI=1S/C18H25N5O3/c1-22(2)15-13(6-5-10-19-15)12-20-14(24)7-11-23-16(25)18(21-17(23)26)8-3-4-9-18/h5-6,10H,3-4,7-9,11-12H2,1-2H3,(H,20,24)(H,21,26). The predicted molar refractivity (Wildman–Crippen MR) is 96.5 cm³/mol. The number of hydrogen-bond acceptors (Lipinski definition) is 5. The van der Waals surface area contributed by atoms with Gasteiger partial charge in [-0.05, 0) is 18.9 Å². The number of anilines is 1. The molecule has 0 bridgehead atoms. The highest BCUT2D eigenvalue weighted by molar-refractivity contribution is 6.07. The van der Waals surface area contributed by atoms with E-state index in [-0.39, 0.29) is 30.8 Å². The van der Waals surface area contributed by atoms with Crippen LogP contribution >= 0.6 is 0 Å². The second-order valence-electron chi connectivity index (χ2n) is 7.08. The molecule has 0 aromatic carbocycles. The lowest BCUT2D eigenvalue weighted by atomic mass is 9.98. The molecule has 1 saturated heterocycles. The van der Waals surface area contributed by atoms with Crippen LogP contribution in [0.4, 0.5) is 10.6 Å². The second-order valence-corrected chi connectivity index (χ2v) is 7.08. The van der Waals surface area contributed by atoms with Gasteiger partial charge in [-0.2, -0.15) is 0 Å². The third kappa shape index (κ3) is 3.49. The molecule has 1 aliphatic carbocycles. The van der Waals surface area contributed by atoms with Crippen LogP contribution in [0.15, 0.2) is 18.3 Å². The maximum Gasteiger partial charge on any atom is 0.325 e. The monoisotopic (exact) mass is 359 g/mol. The van der Waals surface area contributed by atoms with E-state index < -0.39 is 5.54 Å². The molecule has 2 fully saturated rings. The van der Waals surface area contributed by atoms with E-state index in [2.05, 4.69) is 15.6 Å². The van der Waals surface area contributed by atoms with E-state index in [0.717, 1.165) is 24.2 Å². The molecule has 8 nitrogen and oxygen atoms in total. The molecule has 3 rings (SSSR count). The lowest BCUT2D eigenvalue weighted by Crippen LogP contribution is -2.44. The Morgan fingerprint density at radius 2 is 2.08 bits per heavy atom. The molecule has 1 aromatic rings. The number of nitrogens with one attached hydrogen (secondary N) is 2. The van der Waals surface area contributed by atoms with Crippen LogP contribution in [0.2, 0.25) is 0 Å². The van der Waals surface area contributed by atoms with Gasteiger partial charge in [0.25, 0.3) is 5.91 Å². The summed E-state index contributed by atoms with van der Waals surface area (Å²) in [5.74, 6) is 0.409. The van der Waals surface area contributed by atoms with Crippen molar-refractivity contribution in [3.8, 4) is 0 Å². The van der Waals surface area contributed by atoms with E-state index in [1.54, 1.807) is 6.20 Å². The summed E-state index contributed by atoms with van der Waals surface area (Å²) in [7, 11) is 3.79. The molecule has 1 aromatic heterocycles. The van der Waals surface area contributed by atoms with Crippen LogP contribution in [0.5, 0.6) is 0 Å². The molecule has 2 N–H and O–H groups in total. The fourth-order valence-corrected chi connectivity index (χ4v) is 3.66. The van der Waals surface area contributed by atoms with Gasteiger partial charge in [0, 0.05) is 45.4 Å². The topological polar surface area (TPSA) is 94.6 Å². The molecule has 1 spiro atoms. The first kappa shape index (κ1) is 18.2. The maximum absolute atomic E-state index is 12.5. The molecule has 1 aliphatic heterocycles. The lowest BCUT2D eigenvalue weighted by molar-refractivity contribution is -0.131. The fraction of sp³-hybridized carbons (Fsp3) is 0.556. The Balaban J connectivity index is 1.52. The third-order valence-corrected chi connectivity index (χ3v) is 5.03. The molecule has 140 valence electrons. The Morgan fingerprint density at radius 3 is 2.77 bits per heavy atom. The molecule has 2 aliphatic rings. The molecule has 0 atom stereocenters. The van der Waals surface area contributed by atoms with E-state index in [9.17, 15) is 14.4 Å². The SMILES string of the molecule is CN(C)c1ncccc1CNC(=O)CCN1C(=O)NC2(CCCC2)C1=O. The molecule has 4 amide bonds. The first-order chi connectivity index (χ1) is 12.4. The Bertz CT molecular complexity index is 713. The van der Waals surface area contributed by atoms with Crippen LogP contribution in [-0.2, 0) is 16.1 Å². The van der Waals surface area contributed by atoms with E-state index in [4.69, 9.17) is 0 Å². The first-order valence-corrected chi connectivity index (χ1v) is 8.95. The first-order valence-electron chi connectivity index (χ1n) is 8.95. The smallest absolute Gasteiger partial charge is 0.325 e. The zero-order chi connectivity index (χ0) is 18.7. The van der Waals surface area contributed by atoms with Gasteiger partial charge in [0.05, 0.1) is 0 Å². The van der Waals surface area contributed by atoms with Gasteiger partial charge in [0.1, 0.15) is 11.4 Å². The van der Waals surface area contributed by atoms with Gasteiger partial charge in [-0.3, -0.25) is 14.5 Å². The molecular formula is C18H25N5O3. The van der Waals surface area contributed by atoms with Crippen LogP contribution in [0.25, 0.3) is 0 Å². The van der Waals surface area contributed by atoms with Crippen LogP contribution < -0.4 is 15.5 Å². The normalized spacial score (nSPS) is 18.3. The number of hydrogen-bond donors (Lipinski definition) is 2. The van der Waals surface area contributed by atoms with Gasteiger partial charge in [0.15, 0.2) is 0 Å². The fourth-order valence-electron chi connectivity index (χ4n) is 3.66. The van der Waals surface area contributed by atoms with Crippen molar-refractivity contribution in [2.45, 2.75) is 44.2 Å². The summed E-state index contributed by atoms with van der Waals surface area (Å²) in [6.07, 6.45) is 5.06. The van der Waals surface area contributed by atoms with E-state index in [1.807, 2.05) is 31.1 Å². The lowest BCUT2D eigenvalue weighted by Gasteiger charge is -2.20. The number of imide groups is 1. The highest BCUT2D eigenvalue weighted by atomic mass is 16.2. The highest BCUT2D eigenvalue weighted by Crippen LogP contribution is 2.34. The molecule has 0 unspecified atom stereocenters. The van der Waals surface area contributed by atoms with Gasteiger partial charge < -0.3 is 15.5 Å². The summed E-state index contributed by atoms with van der Waals surface area (Å²) in [4.78, 5) is 44.2. The minimum atomic E-state index is -0.718. The molecule has 1 saturated carbocycles. The number of pyridine rings is 1. The van der Waals surface area contributed by atoms with Gasteiger partial charge in [-0.15, -0.1) is 0 Å². The molecule has 26 heavy (non-hydrogen) atoms. The van der Waals surface area contributed by atoms with Crippen molar-refractivity contribution in [2.75, 3.05) is 25.5 Å².